The Balaban J connectivity index is 1.93. The Kier molecular flexibility index (Phi) is 6.90. The number of hydrogen-bond acceptors (Lipinski definition) is 3. The van der Waals surface area contributed by atoms with E-state index in [0.717, 1.165) is 19.3 Å². The lowest BCUT2D eigenvalue weighted by atomic mass is 9.79. The highest BCUT2D eigenvalue weighted by atomic mass is 16.5. The van der Waals surface area contributed by atoms with Crippen LogP contribution in [0.2, 0.25) is 0 Å². The van der Waals surface area contributed by atoms with Crippen LogP contribution in [0.5, 0.6) is 0 Å². The van der Waals surface area contributed by atoms with Crippen molar-refractivity contribution in [3.05, 3.63) is 35.4 Å². The van der Waals surface area contributed by atoms with Gasteiger partial charge in [0.15, 0.2) is 0 Å². The zero-order valence-electron chi connectivity index (χ0n) is 17.6. The van der Waals surface area contributed by atoms with Crippen LogP contribution >= 0.6 is 0 Å². The molecule has 0 saturated carbocycles. The maximum atomic E-state index is 12.6. The van der Waals surface area contributed by atoms with Crippen molar-refractivity contribution in [2.75, 3.05) is 7.05 Å². The van der Waals surface area contributed by atoms with Gasteiger partial charge in [0, 0.05) is 23.9 Å². The van der Waals surface area contributed by atoms with Crippen molar-refractivity contribution < 1.29 is 9.53 Å². The van der Waals surface area contributed by atoms with Gasteiger partial charge in [0.1, 0.15) is 6.10 Å². The molecule has 0 spiro atoms. The zero-order chi connectivity index (χ0) is 19.4. The van der Waals surface area contributed by atoms with Crippen molar-refractivity contribution >= 4 is 5.97 Å². The van der Waals surface area contributed by atoms with Crippen LogP contribution in [0.3, 0.4) is 0 Å². The van der Waals surface area contributed by atoms with Crippen molar-refractivity contribution in [1.82, 2.24) is 4.90 Å². The molecule has 1 aliphatic rings. The number of likely N-dealkylation sites (tertiary alicyclic amines) is 1. The summed E-state index contributed by atoms with van der Waals surface area (Å²) in [6, 6.07) is 7.99. The fraction of sp³-hybridized carbons (Fsp3) is 0.696. The molecule has 2 rings (SSSR count). The molecular weight excluding hydrogens is 322 g/mol. The van der Waals surface area contributed by atoms with Gasteiger partial charge in [0.2, 0.25) is 0 Å². The Morgan fingerprint density at radius 1 is 1.04 bits per heavy atom. The van der Waals surface area contributed by atoms with E-state index in [1.807, 2.05) is 12.1 Å². The summed E-state index contributed by atoms with van der Waals surface area (Å²) in [5, 5.41) is 0. The van der Waals surface area contributed by atoms with Gasteiger partial charge in [-0.25, -0.2) is 4.79 Å². The van der Waals surface area contributed by atoms with E-state index in [0.29, 0.717) is 5.56 Å². The lowest BCUT2D eigenvalue weighted by molar-refractivity contribution is -0.0732. The monoisotopic (exact) mass is 359 g/mol. The van der Waals surface area contributed by atoms with Gasteiger partial charge >= 0.3 is 5.97 Å². The first kappa shape index (κ1) is 21.0. The van der Waals surface area contributed by atoms with Crippen molar-refractivity contribution in [3.8, 4) is 0 Å². The van der Waals surface area contributed by atoms with Gasteiger partial charge in [-0.2, -0.15) is 0 Å². The molecule has 1 fully saturated rings. The van der Waals surface area contributed by atoms with E-state index in [4.69, 9.17) is 4.74 Å². The molecule has 0 N–H and O–H groups in total. The summed E-state index contributed by atoms with van der Waals surface area (Å²) in [7, 11) is 2.16. The second-order valence-electron chi connectivity index (χ2n) is 9.13. The van der Waals surface area contributed by atoms with Gasteiger partial charge in [0.05, 0.1) is 5.56 Å². The summed E-state index contributed by atoms with van der Waals surface area (Å²) in [5.74, 6) is -0.191. The quantitative estimate of drug-likeness (QED) is 0.467. The molecule has 1 aromatic carbocycles. The van der Waals surface area contributed by atoms with Crippen LogP contribution in [0.15, 0.2) is 24.3 Å². The molecular formula is C23H37NO2. The summed E-state index contributed by atoms with van der Waals surface area (Å²) < 4.78 is 5.88. The molecule has 0 amide bonds. The minimum Gasteiger partial charge on any atom is -0.459 e. The summed E-state index contributed by atoms with van der Waals surface area (Å²) in [6.07, 6.45) is 7.86. The molecule has 1 aromatic rings. The van der Waals surface area contributed by atoms with E-state index in [1.165, 1.54) is 31.2 Å². The molecule has 1 saturated heterocycles. The Morgan fingerprint density at radius 2 is 1.62 bits per heavy atom. The average molecular weight is 360 g/mol. The molecule has 0 aromatic heterocycles. The summed E-state index contributed by atoms with van der Waals surface area (Å²) in [4.78, 5) is 15.0. The Morgan fingerprint density at radius 3 is 2.15 bits per heavy atom. The largest absolute Gasteiger partial charge is 0.459 e. The minimum absolute atomic E-state index is 0.0229. The number of carbonyl (C=O) groups is 1. The van der Waals surface area contributed by atoms with E-state index in [2.05, 4.69) is 58.7 Å². The second-order valence-corrected chi connectivity index (χ2v) is 9.13. The number of ether oxygens (including phenoxy) is 1. The standard InChI is InChI=1S/C23H37NO2/c1-7-8-9-10-11-18-12-14-19(15-13-18)21(25)26-20-16-22(2,3)24(6)23(4,5)17-20/h12-15,20H,7-11,16-17H2,1-6H3. The fourth-order valence-electron chi connectivity index (χ4n) is 4.15. The molecule has 0 unspecified atom stereocenters. The molecule has 26 heavy (non-hydrogen) atoms. The number of nitrogens with zero attached hydrogens (tertiary/aromatic N) is 1. The Bertz CT molecular complexity index is 571. The van der Waals surface area contributed by atoms with E-state index < -0.39 is 0 Å². The van der Waals surface area contributed by atoms with Gasteiger partial charge < -0.3 is 4.74 Å². The predicted molar refractivity (Wildman–Crippen MR) is 109 cm³/mol. The zero-order valence-corrected chi connectivity index (χ0v) is 17.6. The maximum absolute atomic E-state index is 12.6. The van der Waals surface area contributed by atoms with Crippen LogP contribution in [0.25, 0.3) is 0 Å². The highest BCUT2D eigenvalue weighted by molar-refractivity contribution is 5.89. The number of aryl methyl sites for hydroxylation is 1. The molecule has 3 nitrogen and oxygen atoms in total. The predicted octanol–water partition coefficient (Wildman–Crippen LogP) is 5.62. The number of piperidine rings is 1. The number of rotatable bonds is 7. The molecule has 1 aliphatic heterocycles. The molecule has 0 radical (unpaired) electrons. The van der Waals surface area contributed by atoms with Crippen LogP contribution < -0.4 is 0 Å². The summed E-state index contributed by atoms with van der Waals surface area (Å²) >= 11 is 0. The number of unbranched alkanes of at least 4 members (excludes halogenated alkanes) is 3. The maximum Gasteiger partial charge on any atom is 0.338 e. The molecule has 0 atom stereocenters. The Hall–Kier alpha value is -1.35. The van der Waals surface area contributed by atoms with Crippen molar-refractivity contribution in [2.45, 2.75) is 96.7 Å². The third-order valence-corrected chi connectivity index (χ3v) is 6.05. The van der Waals surface area contributed by atoms with E-state index in [-0.39, 0.29) is 23.2 Å². The number of esters is 1. The summed E-state index contributed by atoms with van der Waals surface area (Å²) in [6.45, 7) is 11.1. The van der Waals surface area contributed by atoms with E-state index in [1.54, 1.807) is 0 Å². The first-order valence-corrected chi connectivity index (χ1v) is 10.2. The van der Waals surface area contributed by atoms with Gasteiger partial charge in [-0.05, 0) is 65.3 Å². The van der Waals surface area contributed by atoms with Gasteiger partial charge in [-0.3, -0.25) is 4.90 Å². The van der Waals surface area contributed by atoms with Crippen molar-refractivity contribution in [3.63, 3.8) is 0 Å². The molecule has 1 heterocycles. The first-order chi connectivity index (χ1) is 12.2. The van der Waals surface area contributed by atoms with Crippen molar-refractivity contribution in [2.24, 2.45) is 0 Å². The van der Waals surface area contributed by atoms with Crippen LogP contribution in [0.4, 0.5) is 0 Å². The average Bonchev–Trinajstić information content (AvgIpc) is 2.56. The summed E-state index contributed by atoms with van der Waals surface area (Å²) in [5.41, 5.74) is 2.01. The van der Waals surface area contributed by atoms with Gasteiger partial charge in [-0.1, -0.05) is 38.3 Å². The first-order valence-electron chi connectivity index (χ1n) is 10.2. The second kappa shape index (κ2) is 8.56. The highest BCUT2D eigenvalue weighted by Gasteiger charge is 2.44. The van der Waals surface area contributed by atoms with E-state index >= 15 is 0 Å². The fourth-order valence-corrected chi connectivity index (χ4v) is 4.15. The Labute approximate surface area is 160 Å². The number of benzene rings is 1. The molecule has 0 aliphatic carbocycles. The minimum atomic E-state index is -0.191. The molecule has 0 bridgehead atoms. The van der Waals surface area contributed by atoms with Gasteiger partial charge in [-0.15, -0.1) is 0 Å². The third kappa shape index (κ3) is 5.33. The van der Waals surface area contributed by atoms with Crippen LogP contribution in [-0.4, -0.2) is 35.1 Å². The lowest BCUT2D eigenvalue weighted by Crippen LogP contribution is -2.60. The smallest absolute Gasteiger partial charge is 0.338 e. The topological polar surface area (TPSA) is 29.5 Å². The van der Waals surface area contributed by atoms with Crippen LogP contribution in [0, 0.1) is 0 Å². The molecule has 146 valence electrons. The highest BCUT2D eigenvalue weighted by Crippen LogP contribution is 2.38. The lowest BCUT2D eigenvalue weighted by Gasteiger charge is -2.53. The molecule has 3 heteroatoms. The number of carbonyl (C=O) groups excluding carboxylic acids is 1. The van der Waals surface area contributed by atoms with Crippen LogP contribution in [-0.2, 0) is 11.2 Å². The number of hydrogen-bond donors (Lipinski definition) is 0. The van der Waals surface area contributed by atoms with Gasteiger partial charge in [0.25, 0.3) is 0 Å². The van der Waals surface area contributed by atoms with E-state index in [9.17, 15) is 4.79 Å². The third-order valence-electron chi connectivity index (χ3n) is 6.05. The normalized spacial score (nSPS) is 20.1. The van der Waals surface area contributed by atoms with Crippen LogP contribution in [0.1, 0.15) is 89.1 Å². The SMILES string of the molecule is CCCCCCc1ccc(C(=O)OC2CC(C)(C)N(C)C(C)(C)C2)cc1. The van der Waals surface area contributed by atoms with Crippen molar-refractivity contribution in [1.29, 1.82) is 0 Å².